The van der Waals surface area contributed by atoms with E-state index in [9.17, 15) is 35.1 Å². The molecule has 6 nitrogen and oxygen atoms in total. The summed E-state index contributed by atoms with van der Waals surface area (Å²) >= 11 is 0. The number of fused-ring (bicyclic) bond motifs is 9. The van der Waals surface area contributed by atoms with Gasteiger partial charge in [-0.1, -0.05) is 104 Å². The van der Waals surface area contributed by atoms with E-state index >= 15 is 0 Å². The molecule has 0 unspecified atom stereocenters. The number of alkyl halides is 3. The van der Waals surface area contributed by atoms with Gasteiger partial charge in [0.15, 0.2) is 82.0 Å². The first-order chi connectivity index (χ1) is 70.3. The molecule has 0 aliphatic heterocycles. The van der Waals surface area contributed by atoms with Crippen molar-refractivity contribution in [2.75, 3.05) is 0 Å². The molecule has 20 rings (SSSR count). The minimum atomic E-state index is -4.46. The first kappa shape index (κ1) is 109. The lowest BCUT2D eigenvalue weighted by atomic mass is 10.1. The maximum absolute atomic E-state index is 13.6. The monoisotopic (exact) mass is 2100 g/mol. The van der Waals surface area contributed by atoms with Gasteiger partial charge in [0.1, 0.15) is 108 Å². The fourth-order valence-electron chi connectivity index (χ4n) is 16.5. The fourth-order valence-corrected chi connectivity index (χ4v) is 29.3. The van der Waals surface area contributed by atoms with E-state index in [-0.39, 0.29) is 125 Å². The highest BCUT2D eigenvalue weighted by molar-refractivity contribution is 7.97. The third-order valence-electron chi connectivity index (χ3n) is 22.6. The first-order valence-corrected chi connectivity index (χ1v) is 56.3. The van der Waals surface area contributed by atoms with Crippen LogP contribution in [-0.4, -0.2) is 33.6 Å². The molecule has 0 saturated carbocycles. The molecule has 0 N–H and O–H groups in total. The second kappa shape index (κ2) is 47.0. The lowest BCUT2D eigenvalue weighted by Gasteiger charge is -2.24. The predicted octanol–water partition coefficient (Wildman–Crippen LogP) is 39.2. The van der Waals surface area contributed by atoms with Gasteiger partial charge in [0, 0.05) is 68.1 Å². The van der Waals surface area contributed by atoms with Crippen molar-refractivity contribution in [2.24, 2.45) is 0 Å². The van der Waals surface area contributed by atoms with Crippen LogP contribution in [0, 0.1) is 29.1 Å². The van der Waals surface area contributed by atoms with Crippen molar-refractivity contribution in [2.45, 2.75) is 214 Å². The highest BCUT2D eigenvalue weighted by Gasteiger charge is 2.48. The molecule has 0 saturated heterocycles. The zero-order chi connectivity index (χ0) is 106. The summed E-state index contributed by atoms with van der Waals surface area (Å²) < 4.78 is 147. The molecule has 0 aliphatic carbocycles. The lowest BCUT2D eigenvalue weighted by Crippen LogP contribution is -2.26. The second-order valence-electron chi connectivity index (χ2n) is 40.7. The van der Waals surface area contributed by atoms with E-state index < -0.39 is 27.6 Å². The Balaban J connectivity index is 0.000000134. The summed E-state index contributed by atoms with van der Waals surface area (Å²) in [7, 11) is -3.12. The van der Waals surface area contributed by atoms with Crippen LogP contribution in [0.1, 0.15) is 131 Å². The van der Waals surface area contributed by atoms with Gasteiger partial charge in [-0.2, -0.15) is 0 Å². The van der Waals surface area contributed by atoms with Crippen LogP contribution in [0.5, 0.6) is 34.5 Å². The Morgan fingerprint density at radius 1 is 0.203 bits per heavy atom. The quantitative estimate of drug-likeness (QED) is 0.0594. The number of thiophene rings is 3. The Bertz CT molecular complexity index is 7380. The topological polar surface area (TPSA) is 55.4 Å². The summed E-state index contributed by atoms with van der Waals surface area (Å²) in [5.41, 5.74) is -5.69. The lowest BCUT2D eigenvalue weighted by molar-refractivity contribution is -0.0863. The molecule has 0 amide bonds. The van der Waals surface area contributed by atoms with Crippen LogP contribution < -0.4 is 28.4 Å². The van der Waals surface area contributed by atoms with Crippen molar-refractivity contribution < 1.29 is 63.5 Å². The van der Waals surface area contributed by atoms with Gasteiger partial charge in [-0.25, -0.2) is 22.0 Å². The summed E-state index contributed by atoms with van der Waals surface area (Å²) in [6.07, 6.45) is 0.979. The molecular formula is C128H124F8O6S6+6. The third-order valence-corrected chi connectivity index (χ3v) is 36.1. The Morgan fingerprint density at radius 3 is 0.655 bits per heavy atom. The predicted molar refractivity (Wildman–Crippen MR) is 607 cm³/mol. The standard InChI is InChI=1S/C30H39O3S.C26H31O2S.C23H25OS.C18H11F2S.C18H12FS.C13H6F5S/c1-28(2,3)31-22-10-16-25(17-11-22)34(26-18-12-23(13-19-26)32-29(4,5)6)27-20-14-24(15-21-27)33-30(7,8)9;1-25(2,3)27-20-12-16-23(17-13-20)29(22-10-8-7-9-11-22)24-18-14-21(15-19-24)28-26(4,5)6;1-4-23(2,3)24-19-15-17-22(18-16-19)25(20-11-7-5-8-12-20)21-13-9-6-10-14-21;19-12-6-8-17-15(10-12)16-11-13(20)7-9-18(16)21(17)14-4-2-1-3-5-14;19-13-9-11-14(12-10-13)20-17-7-3-1-5-15(17)16-6-2-4-8-18(16)20;14-7-1-3-11-9(5-7)10-6-8(15)2-4-12(10)19(11)13(16,17)18/h10-21H,1-9H3;7-19H,1-6H3;5-18H,4H2,1-3H3;1-11H;1-12H;1-6H/q6*+1. The average Bonchev–Trinajstić information content (AvgIpc) is 1.25. The third kappa shape index (κ3) is 29.0. The van der Waals surface area contributed by atoms with Crippen molar-refractivity contribution in [3.8, 4) is 44.3 Å². The van der Waals surface area contributed by atoms with Crippen LogP contribution in [0.4, 0.5) is 35.1 Å². The first-order valence-electron chi connectivity index (χ1n) is 48.9. The normalized spacial score (nSPS) is 11.9. The maximum atomic E-state index is 13.6. The van der Waals surface area contributed by atoms with Crippen molar-refractivity contribution in [1.29, 1.82) is 0 Å². The summed E-state index contributed by atoms with van der Waals surface area (Å²) in [5.74, 6) is 3.32. The average molecular weight is 2100 g/mol. The molecule has 0 atom stereocenters. The van der Waals surface area contributed by atoms with Gasteiger partial charge in [0.05, 0.1) is 54.2 Å². The maximum Gasteiger partial charge on any atom is 0.601 e. The molecule has 0 aliphatic rings. The minimum Gasteiger partial charge on any atom is -0.488 e. The molecule has 0 bridgehead atoms. The Hall–Kier alpha value is -13.3. The van der Waals surface area contributed by atoms with Gasteiger partial charge in [0.25, 0.3) is 0 Å². The van der Waals surface area contributed by atoms with E-state index in [0.29, 0.717) is 0 Å². The minimum absolute atomic E-state index is 0.00509. The molecule has 3 heterocycles. The number of hydrogen-bond acceptors (Lipinski definition) is 6. The van der Waals surface area contributed by atoms with Crippen LogP contribution >= 0.6 is 31.4 Å². The highest BCUT2D eigenvalue weighted by atomic mass is 32.2. The fraction of sp³-hybridized carbons (Fsp3) is 0.203. The molecular weight excluding hydrogens is 1980 g/mol. The van der Waals surface area contributed by atoms with E-state index in [1.54, 1.807) is 12.1 Å². The second-order valence-corrected chi connectivity index (χ2v) is 52.6. The molecule has 0 fully saturated rings. The zero-order valence-corrected chi connectivity index (χ0v) is 91.3. The van der Waals surface area contributed by atoms with E-state index in [2.05, 4.69) is 422 Å². The van der Waals surface area contributed by atoms with Crippen LogP contribution in [0.15, 0.2) is 457 Å². The van der Waals surface area contributed by atoms with E-state index in [1.807, 2.05) is 42.5 Å². The molecule has 0 radical (unpaired) electrons. The van der Waals surface area contributed by atoms with E-state index in [4.69, 9.17) is 28.4 Å². The SMILES string of the molecule is CC(C)(C)Oc1ccc([S+](c2ccc(OC(C)(C)C)cc2)c2ccc(OC(C)(C)C)cc2)cc1.CC(C)(C)Oc1ccc([S+](c2ccccc2)c2ccc(OC(C)(C)C)cc2)cc1.CCC(C)(C)Oc1ccc([S+](c2ccccc2)c2ccccc2)cc1.Fc1ccc(-[s+]2c3ccccc3c3ccccc32)cc1.Fc1ccc2c(c1)c1cc(F)ccc1[s+]2-c1ccccc1.Fc1ccc2c(c1)c1cc(F)ccc1[s+]2C(F)(F)F. The van der Waals surface area contributed by atoms with Crippen LogP contribution in [0.25, 0.3) is 70.3 Å². The van der Waals surface area contributed by atoms with E-state index in [0.717, 1.165) is 102 Å². The van der Waals surface area contributed by atoms with E-state index in [1.165, 1.54) is 93.4 Å². The number of hydrogen-bond donors (Lipinski definition) is 0. The Morgan fingerprint density at radius 2 is 0.405 bits per heavy atom. The van der Waals surface area contributed by atoms with Crippen molar-refractivity contribution >= 4 is 125 Å². The summed E-state index contributed by atoms with van der Waals surface area (Å²) in [5, 5.41) is 4.45. The molecule has 758 valence electrons. The number of rotatable bonds is 19. The molecule has 0 spiro atoms. The Labute approximate surface area is 881 Å². The number of ether oxygens (including phenoxy) is 6. The Kier molecular flexibility index (Phi) is 34.6. The summed E-state index contributed by atoms with van der Waals surface area (Å²) in [6.45, 7) is 37.4. The molecule has 17 aromatic carbocycles. The van der Waals surface area contributed by atoms with Gasteiger partial charge >= 0.3 is 5.51 Å². The van der Waals surface area contributed by atoms with Gasteiger partial charge in [-0.3, -0.25) is 0 Å². The largest absolute Gasteiger partial charge is 0.601 e. The molecule has 20 aromatic rings. The summed E-state index contributed by atoms with van der Waals surface area (Å²) in [4.78, 5) is 13.8. The smallest absolute Gasteiger partial charge is 0.488 e. The molecule has 148 heavy (non-hydrogen) atoms. The van der Waals surface area contributed by atoms with Crippen LogP contribution in [-0.2, 0) is 38.2 Å². The van der Waals surface area contributed by atoms with Crippen molar-refractivity contribution in [3.63, 3.8) is 0 Å². The van der Waals surface area contributed by atoms with Gasteiger partial charge < -0.3 is 28.4 Å². The summed E-state index contributed by atoms with van der Waals surface area (Å²) in [6, 6.07) is 133. The number of benzene rings is 17. The van der Waals surface area contributed by atoms with Crippen molar-refractivity contribution in [3.05, 3.63) is 442 Å². The van der Waals surface area contributed by atoms with Gasteiger partial charge in [-0.15, -0.1) is 13.2 Å². The van der Waals surface area contributed by atoms with Gasteiger partial charge in [-0.05, 0) is 403 Å². The van der Waals surface area contributed by atoms with Crippen molar-refractivity contribution in [1.82, 2.24) is 0 Å². The zero-order valence-electron chi connectivity index (χ0n) is 86.4. The number of halogens is 8. The van der Waals surface area contributed by atoms with Crippen LogP contribution in [0.2, 0.25) is 0 Å². The van der Waals surface area contributed by atoms with Crippen LogP contribution in [0.3, 0.4) is 0 Å². The highest BCUT2D eigenvalue weighted by Crippen LogP contribution is 2.55. The molecule has 20 heteroatoms. The van der Waals surface area contributed by atoms with Gasteiger partial charge in [0.2, 0.25) is 0 Å². The molecule has 3 aromatic heterocycles.